The summed E-state index contributed by atoms with van der Waals surface area (Å²) < 4.78 is 35.3. The van der Waals surface area contributed by atoms with Gasteiger partial charge in [0.1, 0.15) is 5.75 Å². The van der Waals surface area contributed by atoms with E-state index in [1.807, 2.05) is 30.3 Å². The summed E-state index contributed by atoms with van der Waals surface area (Å²) in [5.74, 6) is -0.221. The van der Waals surface area contributed by atoms with Crippen LogP contribution in [0.4, 0.5) is 5.69 Å². The van der Waals surface area contributed by atoms with Crippen LogP contribution in [0.1, 0.15) is 19.8 Å². The lowest BCUT2D eigenvalue weighted by atomic mass is 9.98. The third kappa shape index (κ3) is 4.34. The number of benzene rings is 3. The Bertz CT molecular complexity index is 1560. The van der Waals surface area contributed by atoms with E-state index in [9.17, 15) is 13.2 Å². The van der Waals surface area contributed by atoms with Crippen molar-refractivity contribution in [3.63, 3.8) is 0 Å². The van der Waals surface area contributed by atoms with Gasteiger partial charge in [-0.3, -0.25) is 4.79 Å². The second kappa shape index (κ2) is 9.76. The number of fused-ring (bicyclic) bond motifs is 3. The Morgan fingerprint density at radius 2 is 1.86 bits per heavy atom. The SMILES string of the molecule is CCn1c2ccccc2c2cc(NC(=O)[C@@H]3CCCN(S(=O)(=O)c4ccc(OC)c(Cl)c4)C3)ccc21. The second-order valence-corrected chi connectivity index (χ2v) is 11.3. The summed E-state index contributed by atoms with van der Waals surface area (Å²) in [5, 5.41) is 5.47. The highest BCUT2D eigenvalue weighted by Gasteiger charge is 2.33. The zero-order chi connectivity index (χ0) is 25.4. The number of sulfonamides is 1. The monoisotopic (exact) mass is 525 g/mol. The average Bonchev–Trinajstić information content (AvgIpc) is 3.21. The minimum absolute atomic E-state index is 0.0899. The first-order chi connectivity index (χ1) is 17.3. The highest BCUT2D eigenvalue weighted by Crippen LogP contribution is 2.33. The summed E-state index contributed by atoms with van der Waals surface area (Å²) in [6, 6.07) is 18.6. The summed E-state index contributed by atoms with van der Waals surface area (Å²) in [5.41, 5.74) is 2.98. The molecule has 0 bridgehead atoms. The third-order valence-corrected chi connectivity index (χ3v) is 9.03. The van der Waals surface area contributed by atoms with Gasteiger partial charge >= 0.3 is 0 Å². The molecule has 1 atom stereocenters. The van der Waals surface area contributed by atoms with Crippen LogP contribution >= 0.6 is 11.6 Å². The van der Waals surface area contributed by atoms with E-state index in [1.165, 1.54) is 29.6 Å². The van der Waals surface area contributed by atoms with Gasteiger partial charge in [0.2, 0.25) is 15.9 Å². The van der Waals surface area contributed by atoms with Crippen molar-refractivity contribution >= 4 is 55.0 Å². The Hall–Kier alpha value is -3.07. The summed E-state index contributed by atoms with van der Waals surface area (Å²) in [4.78, 5) is 13.3. The molecule has 4 aromatic rings. The second-order valence-electron chi connectivity index (χ2n) is 8.98. The van der Waals surface area contributed by atoms with Gasteiger partial charge in [0.25, 0.3) is 0 Å². The van der Waals surface area contributed by atoms with E-state index in [4.69, 9.17) is 16.3 Å². The van der Waals surface area contributed by atoms with Gasteiger partial charge in [-0.2, -0.15) is 4.31 Å². The van der Waals surface area contributed by atoms with Crippen molar-refractivity contribution in [3.05, 3.63) is 65.7 Å². The molecule has 7 nitrogen and oxygen atoms in total. The number of piperidine rings is 1. The number of amides is 1. The fraction of sp³-hybridized carbons (Fsp3) is 0.296. The lowest BCUT2D eigenvalue weighted by Gasteiger charge is -2.31. The van der Waals surface area contributed by atoms with Gasteiger partial charge in [-0.25, -0.2) is 8.42 Å². The van der Waals surface area contributed by atoms with E-state index in [2.05, 4.69) is 28.9 Å². The predicted octanol–water partition coefficient (Wildman–Crippen LogP) is 5.52. The topological polar surface area (TPSA) is 80.6 Å². The Morgan fingerprint density at radius 3 is 2.61 bits per heavy atom. The molecule has 1 saturated heterocycles. The first-order valence-electron chi connectivity index (χ1n) is 12.0. The first-order valence-corrected chi connectivity index (χ1v) is 13.8. The van der Waals surface area contributed by atoms with Crippen molar-refractivity contribution in [2.24, 2.45) is 5.92 Å². The molecule has 0 unspecified atom stereocenters. The number of rotatable bonds is 6. The number of halogens is 1. The number of methoxy groups -OCH3 is 1. The first kappa shape index (κ1) is 24.6. The lowest BCUT2D eigenvalue weighted by molar-refractivity contribution is -0.120. The molecule has 3 aromatic carbocycles. The molecule has 36 heavy (non-hydrogen) atoms. The molecule has 1 aliphatic rings. The Labute approximate surface area is 215 Å². The molecule has 1 aromatic heterocycles. The highest BCUT2D eigenvalue weighted by atomic mass is 35.5. The van der Waals surface area contributed by atoms with Gasteiger partial charge in [0, 0.05) is 47.1 Å². The number of aryl methyl sites for hydroxylation is 1. The van der Waals surface area contributed by atoms with E-state index in [1.54, 1.807) is 0 Å². The number of anilines is 1. The van der Waals surface area contributed by atoms with Crippen molar-refractivity contribution in [2.45, 2.75) is 31.2 Å². The van der Waals surface area contributed by atoms with Crippen LogP contribution in [0, 0.1) is 5.92 Å². The normalized spacial score (nSPS) is 16.9. The fourth-order valence-corrected chi connectivity index (χ4v) is 6.92. The zero-order valence-electron chi connectivity index (χ0n) is 20.2. The molecule has 5 rings (SSSR count). The molecular weight excluding hydrogens is 498 g/mol. The van der Waals surface area contributed by atoms with E-state index in [0.717, 1.165) is 28.4 Å². The number of nitrogens with zero attached hydrogens (tertiary/aromatic N) is 2. The van der Waals surface area contributed by atoms with Crippen molar-refractivity contribution in [2.75, 3.05) is 25.5 Å². The fourth-order valence-electron chi connectivity index (χ4n) is 5.05. The molecule has 9 heteroatoms. The highest BCUT2D eigenvalue weighted by molar-refractivity contribution is 7.89. The summed E-state index contributed by atoms with van der Waals surface area (Å²) in [7, 11) is -2.32. The van der Waals surface area contributed by atoms with Gasteiger partial charge in [-0.15, -0.1) is 0 Å². The molecule has 188 valence electrons. The summed E-state index contributed by atoms with van der Waals surface area (Å²) in [6.45, 7) is 3.44. The van der Waals surface area contributed by atoms with Crippen molar-refractivity contribution < 1.29 is 17.9 Å². The van der Waals surface area contributed by atoms with Crippen LogP contribution in [0.2, 0.25) is 5.02 Å². The van der Waals surface area contributed by atoms with Gasteiger partial charge < -0.3 is 14.6 Å². The van der Waals surface area contributed by atoms with Gasteiger partial charge in [-0.1, -0.05) is 29.8 Å². The van der Waals surface area contributed by atoms with Crippen LogP contribution in [0.25, 0.3) is 21.8 Å². The molecule has 1 aliphatic heterocycles. The molecule has 1 fully saturated rings. The van der Waals surface area contributed by atoms with E-state index >= 15 is 0 Å². The van der Waals surface area contributed by atoms with Crippen molar-refractivity contribution in [1.82, 2.24) is 8.87 Å². The van der Waals surface area contributed by atoms with Crippen molar-refractivity contribution in [3.8, 4) is 5.75 Å². The number of carbonyl (C=O) groups is 1. The maximum absolute atomic E-state index is 13.3. The van der Waals surface area contributed by atoms with Gasteiger partial charge in [-0.05, 0) is 62.2 Å². The van der Waals surface area contributed by atoms with Crippen LogP contribution in [-0.4, -0.2) is 43.4 Å². The quantitative estimate of drug-likeness (QED) is 0.359. The number of para-hydroxylation sites is 1. The molecule has 1 N–H and O–H groups in total. The third-order valence-electron chi connectivity index (χ3n) is 6.87. The minimum Gasteiger partial charge on any atom is -0.495 e. The van der Waals surface area contributed by atoms with Crippen LogP contribution in [0.5, 0.6) is 5.75 Å². The number of hydrogen-bond donors (Lipinski definition) is 1. The molecule has 0 radical (unpaired) electrons. The number of aromatic nitrogens is 1. The summed E-state index contributed by atoms with van der Waals surface area (Å²) in [6.07, 6.45) is 1.23. The lowest BCUT2D eigenvalue weighted by Crippen LogP contribution is -2.43. The number of nitrogens with one attached hydrogen (secondary N) is 1. The largest absolute Gasteiger partial charge is 0.495 e. The van der Waals surface area contributed by atoms with Crippen LogP contribution in [0.15, 0.2) is 65.6 Å². The maximum atomic E-state index is 13.3. The molecule has 2 heterocycles. The summed E-state index contributed by atoms with van der Waals surface area (Å²) >= 11 is 6.16. The van der Waals surface area contributed by atoms with Crippen LogP contribution in [-0.2, 0) is 21.4 Å². The van der Waals surface area contributed by atoms with Gasteiger partial charge in [0.05, 0.1) is 22.9 Å². The molecule has 0 spiro atoms. The van der Waals surface area contributed by atoms with E-state index < -0.39 is 15.9 Å². The maximum Gasteiger partial charge on any atom is 0.243 e. The molecule has 0 saturated carbocycles. The van der Waals surface area contributed by atoms with Crippen molar-refractivity contribution in [1.29, 1.82) is 0 Å². The van der Waals surface area contributed by atoms with Crippen LogP contribution < -0.4 is 10.1 Å². The van der Waals surface area contributed by atoms with Gasteiger partial charge in [0.15, 0.2) is 0 Å². The van der Waals surface area contributed by atoms with E-state index in [0.29, 0.717) is 30.8 Å². The number of hydrogen-bond acceptors (Lipinski definition) is 4. The predicted molar refractivity (Wildman–Crippen MR) is 143 cm³/mol. The minimum atomic E-state index is -3.79. The standard InChI is InChI=1S/C27H28ClN3O4S/c1-3-31-24-9-5-4-8-21(24)22-15-19(10-12-25(22)31)29-27(32)18-7-6-14-30(17-18)36(33,34)20-11-13-26(35-2)23(28)16-20/h4-5,8-13,15-16,18H,3,6-7,14,17H2,1-2H3,(H,29,32)/t18-/m1/s1. The number of ether oxygens (including phenoxy) is 1. The molecular formula is C27H28ClN3O4S. The Balaban J connectivity index is 1.36. The smallest absolute Gasteiger partial charge is 0.243 e. The average molecular weight is 526 g/mol. The zero-order valence-corrected chi connectivity index (χ0v) is 21.8. The Kier molecular flexibility index (Phi) is 6.68. The van der Waals surface area contributed by atoms with E-state index in [-0.39, 0.29) is 22.4 Å². The molecule has 0 aliphatic carbocycles. The number of carbonyl (C=O) groups excluding carboxylic acids is 1. The van der Waals surface area contributed by atoms with Crippen LogP contribution in [0.3, 0.4) is 0 Å². The molecule has 1 amide bonds. The Morgan fingerprint density at radius 1 is 1.08 bits per heavy atom.